The van der Waals surface area contributed by atoms with E-state index in [4.69, 9.17) is 0 Å². The fourth-order valence-electron chi connectivity index (χ4n) is 2.88. The summed E-state index contributed by atoms with van der Waals surface area (Å²) in [7, 11) is -3.30. The Morgan fingerprint density at radius 3 is 2.57 bits per heavy atom. The van der Waals surface area contributed by atoms with Crippen LogP contribution in [-0.2, 0) is 10.0 Å². The Labute approximate surface area is 125 Å². The summed E-state index contributed by atoms with van der Waals surface area (Å²) in [6, 6.07) is 13.5. The quantitative estimate of drug-likeness (QED) is 0.913. The number of nitrogens with one attached hydrogen (secondary N) is 2. The third-order valence-electron chi connectivity index (χ3n) is 3.97. The summed E-state index contributed by atoms with van der Waals surface area (Å²) in [5.41, 5.74) is 0.669. The zero-order chi connectivity index (χ0) is 14.7. The molecule has 1 saturated heterocycles. The molecule has 0 amide bonds. The van der Waals surface area contributed by atoms with Crippen molar-refractivity contribution in [2.45, 2.75) is 12.8 Å². The predicted molar refractivity (Wildman–Crippen MR) is 87.0 cm³/mol. The van der Waals surface area contributed by atoms with E-state index in [0.717, 1.165) is 36.7 Å². The van der Waals surface area contributed by atoms with Gasteiger partial charge in [0.2, 0.25) is 10.0 Å². The van der Waals surface area contributed by atoms with E-state index in [0.29, 0.717) is 5.69 Å². The first-order chi connectivity index (χ1) is 10.1. The van der Waals surface area contributed by atoms with Gasteiger partial charge in [0.1, 0.15) is 0 Å². The lowest BCUT2D eigenvalue weighted by molar-refractivity contribution is 0.402. The lowest BCUT2D eigenvalue weighted by Crippen LogP contribution is -2.33. The van der Waals surface area contributed by atoms with Crippen molar-refractivity contribution in [3.8, 4) is 0 Å². The van der Waals surface area contributed by atoms with E-state index in [1.807, 2.05) is 42.5 Å². The Hall–Kier alpha value is -1.59. The van der Waals surface area contributed by atoms with Crippen LogP contribution >= 0.6 is 0 Å². The number of piperidine rings is 1. The minimum absolute atomic E-state index is 0.206. The van der Waals surface area contributed by atoms with Gasteiger partial charge in [0.15, 0.2) is 0 Å². The van der Waals surface area contributed by atoms with Crippen LogP contribution in [0, 0.1) is 5.92 Å². The summed E-state index contributed by atoms with van der Waals surface area (Å²) in [4.78, 5) is 0. The number of benzene rings is 2. The fourth-order valence-corrected chi connectivity index (χ4v) is 4.43. The smallest absolute Gasteiger partial charge is 0.233 e. The first-order valence-corrected chi connectivity index (χ1v) is 8.98. The van der Waals surface area contributed by atoms with Crippen LogP contribution in [0.2, 0.25) is 0 Å². The van der Waals surface area contributed by atoms with E-state index in [1.165, 1.54) is 0 Å². The van der Waals surface area contributed by atoms with Crippen LogP contribution in [0.3, 0.4) is 0 Å². The van der Waals surface area contributed by atoms with Gasteiger partial charge in [-0.2, -0.15) is 0 Å². The van der Waals surface area contributed by atoms with E-state index in [1.54, 1.807) is 0 Å². The van der Waals surface area contributed by atoms with E-state index in [2.05, 4.69) is 10.0 Å². The molecule has 0 aromatic heterocycles. The Bertz CT molecular complexity index is 717. The van der Waals surface area contributed by atoms with Crippen molar-refractivity contribution >= 4 is 26.5 Å². The van der Waals surface area contributed by atoms with Crippen molar-refractivity contribution in [3.05, 3.63) is 42.5 Å². The molecule has 1 aliphatic rings. The largest absolute Gasteiger partial charge is 0.317 e. The second-order valence-corrected chi connectivity index (χ2v) is 7.37. The van der Waals surface area contributed by atoms with Gasteiger partial charge in [-0.1, -0.05) is 36.4 Å². The third kappa shape index (κ3) is 3.54. The number of hydrogen-bond donors (Lipinski definition) is 2. The molecule has 112 valence electrons. The molecule has 0 atom stereocenters. The molecule has 4 nitrogen and oxygen atoms in total. The van der Waals surface area contributed by atoms with Crippen LogP contribution < -0.4 is 10.0 Å². The number of hydrogen-bond acceptors (Lipinski definition) is 3. The Kier molecular flexibility index (Phi) is 4.12. The van der Waals surface area contributed by atoms with E-state index < -0.39 is 10.0 Å². The van der Waals surface area contributed by atoms with Gasteiger partial charge in [0, 0.05) is 5.39 Å². The van der Waals surface area contributed by atoms with Gasteiger partial charge in [-0.3, -0.25) is 4.72 Å². The van der Waals surface area contributed by atoms with Crippen LogP contribution in [0.15, 0.2) is 42.5 Å². The second kappa shape index (κ2) is 6.03. The Morgan fingerprint density at radius 2 is 1.76 bits per heavy atom. The average molecular weight is 304 g/mol. The molecule has 21 heavy (non-hydrogen) atoms. The van der Waals surface area contributed by atoms with Gasteiger partial charge in [-0.25, -0.2) is 8.42 Å². The van der Waals surface area contributed by atoms with Crippen molar-refractivity contribution in [2.24, 2.45) is 5.92 Å². The molecule has 2 aromatic rings. The fraction of sp³-hybridized carbons (Fsp3) is 0.375. The molecule has 0 bridgehead atoms. The molecule has 1 heterocycles. The zero-order valence-electron chi connectivity index (χ0n) is 11.9. The van der Waals surface area contributed by atoms with Crippen LogP contribution in [0.1, 0.15) is 12.8 Å². The first kappa shape index (κ1) is 14.4. The van der Waals surface area contributed by atoms with Gasteiger partial charge in [-0.15, -0.1) is 0 Å². The maximum Gasteiger partial charge on any atom is 0.233 e. The lowest BCUT2D eigenvalue weighted by Gasteiger charge is -2.22. The Morgan fingerprint density at radius 1 is 1.05 bits per heavy atom. The van der Waals surface area contributed by atoms with Crippen LogP contribution in [0.5, 0.6) is 0 Å². The molecule has 0 aliphatic carbocycles. The molecule has 0 unspecified atom stereocenters. The number of rotatable bonds is 4. The van der Waals surface area contributed by atoms with Gasteiger partial charge in [-0.05, 0) is 43.3 Å². The zero-order valence-corrected chi connectivity index (χ0v) is 12.7. The molecule has 0 radical (unpaired) electrons. The standard InChI is InChI=1S/C16H20N2O2S/c19-21(20,12-13-8-10-17-11-9-13)18-16-7-3-5-14-4-1-2-6-15(14)16/h1-7,13,17-18H,8-12H2. The third-order valence-corrected chi connectivity index (χ3v) is 5.41. The maximum absolute atomic E-state index is 12.4. The van der Waals surface area contributed by atoms with Crippen molar-refractivity contribution in [1.82, 2.24) is 5.32 Å². The van der Waals surface area contributed by atoms with Crippen molar-refractivity contribution in [1.29, 1.82) is 0 Å². The minimum Gasteiger partial charge on any atom is -0.317 e. The highest BCUT2D eigenvalue weighted by Gasteiger charge is 2.21. The molecular weight excluding hydrogens is 284 g/mol. The monoisotopic (exact) mass is 304 g/mol. The minimum atomic E-state index is -3.30. The predicted octanol–water partition coefficient (Wildman–Crippen LogP) is 2.58. The highest BCUT2D eigenvalue weighted by molar-refractivity contribution is 7.92. The molecular formula is C16H20N2O2S. The van der Waals surface area contributed by atoms with Crippen molar-refractivity contribution < 1.29 is 8.42 Å². The molecule has 5 heteroatoms. The summed E-state index contributed by atoms with van der Waals surface area (Å²) in [6.45, 7) is 1.82. The maximum atomic E-state index is 12.4. The molecule has 0 saturated carbocycles. The average Bonchev–Trinajstić information content (AvgIpc) is 2.48. The van der Waals surface area contributed by atoms with Gasteiger partial charge in [0.05, 0.1) is 11.4 Å². The van der Waals surface area contributed by atoms with Crippen molar-refractivity contribution in [2.75, 3.05) is 23.6 Å². The lowest BCUT2D eigenvalue weighted by atomic mass is 10.0. The summed E-state index contributed by atoms with van der Waals surface area (Å²) in [5.74, 6) is 0.455. The number of fused-ring (bicyclic) bond motifs is 1. The SMILES string of the molecule is O=S(=O)(CC1CCNCC1)Nc1cccc2ccccc12. The Balaban J connectivity index is 1.80. The molecule has 2 aromatic carbocycles. The number of anilines is 1. The normalized spacial score (nSPS) is 17.0. The van der Waals surface area contributed by atoms with E-state index in [-0.39, 0.29) is 11.7 Å². The molecule has 1 fully saturated rings. The van der Waals surface area contributed by atoms with Crippen molar-refractivity contribution in [3.63, 3.8) is 0 Å². The topological polar surface area (TPSA) is 58.2 Å². The highest BCUT2D eigenvalue weighted by Crippen LogP contribution is 2.25. The number of sulfonamides is 1. The molecule has 3 rings (SSSR count). The first-order valence-electron chi connectivity index (χ1n) is 7.33. The van der Waals surface area contributed by atoms with Gasteiger partial charge < -0.3 is 5.32 Å². The van der Waals surface area contributed by atoms with Crippen LogP contribution in [-0.4, -0.2) is 27.3 Å². The molecule has 2 N–H and O–H groups in total. The molecule has 1 aliphatic heterocycles. The second-order valence-electron chi connectivity index (χ2n) is 5.60. The van der Waals surface area contributed by atoms with Gasteiger partial charge >= 0.3 is 0 Å². The summed E-state index contributed by atoms with van der Waals surface area (Å²) in [6.07, 6.45) is 1.85. The van der Waals surface area contributed by atoms with E-state index >= 15 is 0 Å². The summed E-state index contributed by atoms with van der Waals surface area (Å²) in [5, 5.41) is 5.24. The highest BCUT2D eigenvalue weighted by atomic mass is 32.2. The summed E-state index contributed by atoms with van der Waals surface area (Å²) < 4.78 is 27.5. The summed E-state index contributed by atoms with van der Waals surface area (Å²) >= 11 is 0. The van der Waals surface area contributed by atoms with Crippen LogP contribution in [0.25, 0.3) is 10.8 Å². The van der Waals surface area contributed by atoms with E-state index in [9.17, 15) is 8.42 Å². The van der Waals surface area contributed by atoms with Crippen LogP contribution in [0.4, 0.5) is 5.69 Å². The molecule has 0 spiro atoms. The van der Waals surface area contributed by atoms with Gasteiger partial charge in [0.25, 0.3) is 0 Å².